The Hall–Kier alpha value is -0.372. The van der Waals surface area contributed by atoms with Crippen LogP contribution in [0.15, 0.2) is 58.6 Å². The van der Waals surface area contributed by atoms with Gasteiger partial charge in [-0.15, -0.1) is 0 Å². The molecule has 80 valence electrons. The van der Waals surface area contributed by atoms with Gasteiger partial charge in [0.15, 0.2) is 0 Å². The number of pyridine rings is 1. The van der Waals surface area contributed by atoms with E-state index >= 15 is 0 Å². The Balaban J connectivity index is 1.91. The summed E-state index contributed by atoms with van der Waals surface area (Å²) in [7, 11) is 4.14. The maximum atomic E-state index is 2.40. The standard InChI is InChI=1S/C12H11AsNS2/c1-10-5-6-11-12(9-10)16-13(15-11)14-7-3-2-4-8-14/h2-9H,1H3/q+1. The fourth-order valence-electron chi connectivity index (χ4n) is 1.54. The first-order valence-electron chi connectivity index (χ1n) is 5.06. The van der Waals surface area contributed by atoms with Gasteiger partial charge in [0.2, 0.25) is 0 Å². The number of benzene rings is 1. The van der Waals surface area contributed by atoms with Crippen LogP contribution in [0.1, 0.15) is 5.56 Å². The van der Waals surface area contributed by atoms with Crippen molar-refractivity contribution in [1.29, 1.82) is 0 Å². The minimum absolute atomic E-state index is 1.07. The molecule has 0 radical (unpaired) electrons. The van der Waals surface area contributed by atoms with Gasteiger partial charge < -0.3 is 0 Å². The van der Waals surface area contributed by atoms with Gasteiger partial charge in [-0.05, 0) is 0 Å². The Labute approximate surface area is 107 Å². The summed E-state index contributed by atoms with van der Waals surface area (Å²) in [6, 6.07) is 13.1. The van der Waals surface area contributed by atoms with Gasteiger partial charge in [-0.3, -0.25) is 0 Å². The van der Waals surface area contributed by atoms with Crippen molar-refractivity contribution in [2.75, 3.05) is 0 Å². The zero-order chi connectivity index (χ0) is 11.0. The first-order valence-corrected chi connectivity index (χ1v) is 12.0. The van der Waals surface area contributed by atoms with E-state index in [1.807, 2.05) is 0 Å². The monoisotopic (exact) mass is 308 g/mol. The summed E-state index contributed by atoms with van der Waals surface area (Å²) in [5.74, 6) is 0. The van der Waals surface area contributed by atoms with Gasteiger partial charge in [0.1, 0.15) is 0 Å². The van der Waals surface area contributed by atoms with Crippen molar-refractivity contribution in [3.8, 4) is 0 Å². The van der Waals surface area contributed by atoms with Gasteiger partial charge in [0.05, 0.1) is 0 Å². The van der Waals surface area contributed by atoms with E-state index in [-0.39, 0.29) is 0 Å². The van der Waals surface area contributed by atoms with E-state index in [1.165, 1.54) is 15.4 Å². The van der Waals surface area contributed by atoms with Crippen molar-refractivity contribution >= 4 is 32.6 Å². The molecule has 1 aromatic heterocycles. The van der Waals surface area contributed by atoms with Crippen molar-refractivity contribution < 1.29 is 3.48 Å². The number of rotatable bonds is 1. The zero-order valence-corrected chi connectivity index (χ0v) is 12.3. The van der Waals surface area contributed by atoms with E-state index < -0.39 is 12.6 Å². The van der Waals surface area contributed by atoms with Crippen LogP contribution in [0.5, 0.6) is 0 Å². The Bertz CT molecular complexity index is 516. The minimum atomic E-state index is -1.07. The molecular weight excluding hydrogens is 297 g/mol. The quantitative estimate of drug-likeness (QED) is 0.746. The summed E-state index contributed by atoms with van der Waals surface area (Å²) < 4.78 is 2.40. The molecule has 0 saturated heterocycles. The molecule has 3 rings (SSSR count). The van der Waals surface area contributed by atoms with Crippen molar-refractivity contribution in [2.45, 2.75) is 16.7 Å². The second-order valence-electron chi connectivity index (χ2n) is 3.63. The van der Waals surface area contributed by atoms with Gasteiger partial charge in [-0.2, -0.15) is 0 Å². The molecule has 0 spiro atoms. The molecule has 0 bridgehead atoms. The molecule has 1 aromatic carbocycles. The molecule has 1 aliphatic rings. The summed E-state index contributed by atoms with van der Waals surface area (Å²) in [5.41, 5.74) is 1.36. The Kier molecular flexibility index (Phi) is 3.01. The van der Waals surface area contributed by atoms with Gasteiger partial charge in [0.25, 0.3) is 0 Å². The van der Waals surface area contributed by atoms with Crippen LogP contribution in [-0.2, 0) is 0 Å². The first-order chi connectivity index (χ1) is 7.83. The van der Waals surface area contributed by atoms with Gasteiger partial charge in [-0.25, -0.2) is 0 Å². The van der Waals surface area contributed by atoms with Crippen LogP contribution in [-0.4, -0.2) is 12.6 Å². The second kappa shape index (κ2) is 4.48. The van der Waals surface area contributed by atoms with E-state index in [0.29, 0.717) is 0 Å². The van der Waals surface area contributed by atoms with Gasteiger partial charge in [0, 0.05) is 0 Å². The summed E-state index contributed by atoms with van der Waals surface area (Å²) >= 11 is -1.07. The number of fused-ring (bicyclic) bond motifs is 1. The topological polar surface area (TPSA) is 3.88 Å². The number of aryl methyl sites for hydroxylation is 1. The van der Waals surface area contributed by atoms with E-state index in [2.05, 4.69) is 79.2 Å². The Morgan fingerprint density at radius 1 is 1.00 bits per heavy atom. The number of hydrogen-bond acceptors (Lipinski definition) is 2. The Morgan fingerprint density at radius 3 is 2.56 bits per heavy atom. The molecule has 1 nitrogen and oxygen atoms in total. The fraction of sp³-hybridized carbons (Fsp3) is 0.0833. The van der Waals surface area contributed by atoms with Crippen LogP contribution in [0.3, 0.4) is 0 Å². The van der Waals surface area contributed by atoms with Crippen LogP contribution in [0.25, 0.3) is 0 Å². The van der Waals surface area contributed by atoms with E-state index in [9.17, 15) is 0 Å². The third-order valence-electron chi connectivity index (χ3n) is 2.34. The van der Waals surface area contributed by atoms with Crippen LogP contribution in [0.4, 0.5) is 0 Å². The Morgan fingerprint density at radius 2 is 1.75 bits per heavy atom. The fourth-order valence-corrected chi connectivity index (χ4v) is 14.3. The van der Waals surface area contributed by atoms with Crippen LogP contribution < -0.4 is 3.48 Å². The summed E-state index contributed by atoms with van der Waals surface area (Å²) in [6.45, 7) is 2.16. The van der Waals surface area contributed by atoms with Crippen molar-refractivity contribution in [2.24, 2.45) is 0 Å². The third kappa shape index (κ3) is 2.04. The van der Waals surface area contributed by atoms with Crippen LogP contribution >= 0.6 is 20.0 Å². The molecule has 0 amide bonds. The SMILES string of the molecule is Cc1ccc2c(c1)S[As]([n+]1ccccc1)S2. The average molecular weight is 308 g/mol. The molecule has 0 N–H and O–H groups in total. The van der Waals surface area contributed by atoms with Crippen molar-refractivity contribution in [3.05, 3.63) is 54.4 Å². The van der Waals surface area contributed by atoms with E-state index in [1.54, 1.807) is 0 Å². The molecule has 16 heavy (non-hydrogen) atoms. The molecule has 1 atom stereocenters. The molecular formula is C12H11AsNS2+. The summed E-state index contributed by atoms with van der Waals surface area (Å²) in [4.78, 5) is 2.94. The molecule has 1 unspecified atom stereocenters. The zero-order valence-electron chi connectivity index (χ0n) is 8.83. The molecule has 0 fully saturated rings. The second-order valence-corrected chi connectivity index (χ2v) is 13.9. The molecule has 2 aromatic rings. The normalized spacial score (nSPS) is 18.4. The molecule has 4 heteroatoms. The van der Waals surface area contributed by atoms with Crippen molar-refractivity contribution in [3.63, 3.8) is 0 Å². The molecule has 1 aliphatic heterocycles. The summed E-state index contributed by atoms with van der Waals surface area (Å²) in [5, 5.41) is 0. The average Bonchev–Trinajstić information content (AvgIpc) is 2.73. The van der Waals surface area contributed by atoms with Gasteiger partial charge in [-0.1, -0.05) is 0 Å². The van der Waals surface area contributed by atoms with Gasteiger partial charge >= 0.3 is 107 Å². The number of aromatic nitrogens is 1. The predicted octanol–water partition coefficient (Wildman–Crippen LogP) is 3.01. The maximum absolute atomic E-state index is 2.40. The molecule has 2 heterocycles. The third-order valence-corrected chi connectivity index (χ3v) is 13.9. The molecule has 0 aliphatic carbocycles. The van der Waals surface area contributed by atoms with E-state index in [4.69, 9.17) is 0 Å². The number of hydrogen-bond donors (Lipinski definition) is 0. The number of nitrogens with zero attached hydrogens (tertiary/aromatic N) is 1. The first kappa shape index (κ1) is 10.8. The van der Waals surface area contributed by atoms with Crippen LogP contribution in [0.2, 0.25) is 0 Å². The molecule has 0 saturated carbocycles. The van der Waals surface area contributed by atoms with Crippen molar-refractivity contribution in [1.82, 2.24) is 0 Å². The van der Waals surface area contributed by atoms with Crippen LogP contribution in [0, 0.1) is 6.92 Å². The predicted molar refractivity (Wildman–Crippen MR) is 70.7 cm³/mol. The van der Waals surface area contributed by atoms with E-state index in [0.717, 1.165) is 0 Å². The summed E-state index contributed by atoms with van der Waals surface area (Å²) in [6.07, 6.45) is 4.39.